The van der Waals surface area contributed by atoms with Crippen LogP contribution in [0.5, 0.6) is 5.75 Å². The van der Waals surface area contributed by atoms with Crippen molar-refractivity contribution in [1.29, 1.82) is 0 Å². The quantitative estimate of drug-likeness (QED) is 0.748. The van der Waals surface area contributed by atoms with E-state index in [0.717, 1.165) is 0 Å². The summed E-state index contributed by atoms with van der Waals surface area (Å²) in [7, 11) is -3.86. The summed E-state index contributed by atoms with van der Waals surface area (Å²) < 4.78 is 29.3. The number of ether oxygens (including phenoxy) is 1. The van der Waals surface area contributed by atoms with Crippen molar-refractivity contribution in [2.75, 3.05) is 13.2 Å². The van der Waals surface area contributed by atoms with Gasteiger partial charge in [0, 0.05) is 5.02 Å². The van der Waals surface area contributed by atoms with Crippen LogP contribution in [0.15, 0.2) is 59.5 Å². The van der Waals surface area contributed by atoms with Crippen LogP contribution >= 0.6 is 11.6 Å². The highest BCUT2D eigenvalue weighted by Crippen LogP contribution is 2.26. The molecular weight excluding hydrogens is 362 g/mol. The minimum atomic E-state index is -3.86. The van der Waals surface area contributed by atoms with Gasteiger partial charge in [0.25, 0.3) is 0 Å². The topological polar surface area (TPSA) is 72.5 Å². The van der Waals surface area contributed by atoms with Crippen molar-refractivity contribution in [2.24, 2.45) is 0 Å². The van der Waals surface area contributed by atoms with Crippen molar-refractivity contribution in [1.82, 2.24) is 5.32 Å². The number of sulfone groups is 1. The lowest BCUT2D eigenvalue weighted by molar-refractivity contribution is -0.122. The van der Waals surface area contributed by atoms with E-state index in [4.69, 9.17) is 16.3 Å². The Morgan fingerprint density at radius 1 is 1.08 bits per heavy atom. The van der Waals surface area contributed by atoms with Crippen LogP contribution < -0.4 is 10.1 Å². The van der Waals surface area contributed by atoms with Gasteiger partial charge < -0.3 is 10.1 Å². The number of carbonyl (C=O) groups is 1. The molecule has 1 N–H and O–H groups in total. The third-order valence-corrected chi connectivity index (χ3v) is 6.42. The van der Waals surface area contributed by atoms with Gasteiger partial charge in [0.1, 0.15) is 17.1 Å². The number of rotatable bonds is 7. The molecule has 0 aliphatic rings. The Bertz CT molecular complexity index is 818. The van der Waals surface area contributed by atoms with Crippen molar-refractivity contribution < 1.29 is 17.9 Å². The Kier molecular flexibility index (Phi) is 6.08. The van der Waals surface area contributed by atoms with Crippen molar-refractivity contribution in [3.8, 4) is 5.75 Å². The first-order valence-electron chi connectivity index (χ1n) is 7.71. The first-order valence-corrected chi connectivity index (χ1v) is 9.57. The number of hydrogen-bond acceptors (Lipinski definition) is 4. The third kappa shape index (κ3) is 4.52. The maximum Gasteiger partial charge on any atom is 0.241 e. The van der Waals surface area contributed by atoms with Gasteiger partial charge in [-0.2, -0.15) is 0 Å². The standard InChI is InChI=1S/C18H20ClNO4S/c1-18(2,25(22,23)16-10-8-14(19)9-11-16)17(21)20-12-13-24-15-6-4-3-5-7-15/h3-11H,12-13H2,1-2H3,(H,20,21). The van der Waals surface area contributed by atoms with Crippen LogP contribution in [0.3, 0.4) is 0 Å². The zero-order chi connectivity index (χ0) is 18.5. The fourth-order valence-corrected chi connectivity index (χ4v) is 3.62. The average Bonchev–Trinajstić information content (AvgIpc) is 2.59. The molecule has 0 aliphatic carbocycles. The second kappa shape index (κ2) is 7.89. The zero-order valence-corrected chi connectivity index (χ0v) is 15.6. The maximum atomic E-state index is 12.7. The molecule has 0 saturated carbocycles. The number of halogens is 1. The van der Waals surface area contributed by atoms with Crippen LogP contribution in [0.2, 0.25) is 5.02 Å². The van der Waals surface area contributed by atoms with Gasteiger partial charge in [-0.1, -0.05) is 29.8 Å². The molecule has 0 bridgehead atoms. The predicted octanol–water partition coefficient (Wildman–Crippen LogP) is 3.09. The van der Waals surface area contributed by atoms with Gasteiger partial charge >= 0.3 is 0 Å². The Morgan fingerprint density at radius 3 is 2.28 bits per heavy atom. The summed E-state index contributed by atoms with van der Waals surface area (Å²) in [6.45, 7) is 3.20. The highest BCUT2D eigenvalue weighted by molar-refractivity contribution is 7.93. The molecule has 25 heavy (non-hydrogen) atoms. The molecule has 7 heteroatoms. The first-order chi connectivity index (χ1) is 11.7. The Labute approximate surface area is 152 Å². The summed E-state index contributed by atoms with van der Waals surface area (Å²) >= 11 is 5.79. The van der Waals surface area contributed by atoms with Gasteiger partial charge in [0.2, 0.25) is 5.91 Å². The lowest BCUT2D eigenvalue weighted by Gasteiger charge is -2.24. The van der Waals surface area contributed by atoms with E-state index in [1.807, 2.05) is 18.2 Å². The van der Waals surface area contributed by atoms with E-state index in [9.17, 15) is 13.2 Å². The molecule has 0 spiro atoms. The Balaban J connectivity index is 1.98. The van der Waals surface area contributed by atoms with Gasteiger partial charge in [-0.25, -0.2) is 8.42 Å². The second-order valence-corrected chi connectivity index (χ2v) is 8.82. The number of benzene rings is 2. The lowest BCUT2D eigenvalue weighted by atomic mass is 10.2. The zero-order valence-electron chi connectivity index (χ0n) is 14.0. The van der Waals surface area contributed by atoms with E-state index < -0.39 is 20.5 Å². The molecule has 0 aromatic heterocycles. The molecule has 2 aromatic carbocycles. The van der Waals surface area contributed by atoms with E-state index >= 15 is 0 Å². The van der Waals surface area contributed by atoms with Crippen LogP contribution in [0.1, 0.15) is 13.8 Å². The van der Waals surface area contributed by atoms with Crippen LogP contribution in [-0.4, -0.2) is 32.2 Å². The van der Waals surface area contributed by atoms with E-state index in [1.54, 1.807) is 12.1 Å². The fourth-order valence-electron chi connectivity index (χ4n) is 2.09. The summed E-state index contributed by atoms with van der Waals surface area (Å²) in [5.41, 5.74) is 0. The third-order valence-electron chi connectivity index (χ3n) is 3.74. The largest absolute Gasteiger partial charge is 0.492 e. The molecule has 0 radical (unpaired) electrons. The number of amides is 1. The molecule has 0 heterocycles. The highest BCUT2D eigenvalue weighted by atomic mass is 35.5. The fraction of sp³-hybridized carbons (Fsp3) is 0.278. The molecule has 0 aliphatic heterocycles. The van der Waals surface area contributed by atoms with Crippen molar-refractivity contribution in [2.45, 2.75) is 23.5 Å². The first kappa shape index (κ1) is 19.3. The molecule has 0 atom stereocenters. The van der Waals surface area contributed by atoms with E-state index in [2.05, 4.69) is 5.32 Å². The summed E-state index contributed by atoms with van der Waals surface area (Å²) in [5.74, 6) is 0.101. The molecule has 134 valence electrons. The van der Waals surface area contributed by atoms with Crippen LogP contribution in [-0.2, 0) is 14.6 Å². The van der Waals surface area contributed by atoms with E-state index in [1.165, 1.54) is 38.1 Å². The number of hydrogen-bond donors (Lipinski definition) is 1. The lowest BCUT2D eigenvalue weighted by Crippen LogP contribution is -2.48. The summed E-state index contributed by atoms with van der Waals surface area (Å²) in [6, 6.07) is 14.9. The average molecular weight is 382 g/mol. The van der Waals surface area contributed by atoms with Crippen LogP contribution in [0.25, 0.3) is 0 Å². The summed E-state index contributed by atoms with van der Waals surface area (Å²) in [5, 5.41) is 3.04. The van der Waals surface area contributed by atoms with Crippen molar-refractivity contribution in [3.05, 3.63) is 59.6 Å². The van der Waals surface area contributed by atoms with Crippen LogP contribution in [0, 0.1) is 0 Å². The van der Waals surface area contributed by atoms with E-state index in [0.29, 0.717) is 10.8 Å². The predicted molar refractivity (Wildman–Crippen MR) is 97.7 cm³/mol. The second-order valence-electron chi connectivity index (χ2n) is 5.89. The van der Waals surface area contributed by atoms with Gasteiger partial charge in [-0.3, -0.25) is 4.79 Å². The van der Waals surface area contributed by atoms with E-state index in [-0.39, 0.29) is 18.0 Å². The molecular formula is C18H20ClNO4S. The SMILES string of the molecule is CC(C)(C(=O)NCCOc1ccccc1)S(=O)(=O)c1ccc(Cl)cc1. The van der Waals surface area contributed by atoms with Gasteiger partial charge in [0.05, 0.1) is 11.4 Å². The number of nitrogens with one attached hydrogen (secondary N) is 1. The number of carbonyl (C=O) groups excluding carboxylic acids is 1. The molecule has 0 fully saturated rings. The molecule has 1 amide bonds. The Morgan fingerprint density at radius 2 is 1.68 bits per heavy atom. The van der Waals surface area contributed by atoms with Crippen molar-refractivity contribution in [3.63, 3.8) is 0 Å². The molecule has 5 nitrogen and oxygen atoms in total. The smallest absolute Gasteiger partial charge is 0.241 e. The summed E-state index contributed by atoms with van der Waals surface area (Å²) in [4.78, 5) is 12.4. The normalized spacial score (nSPS) is 11.8. The minimum Gasteiger partial charge on any atom is -0.492 e. The monoisotopic (exact) mass is 381 g/mol. The molecule has 0 saturated heterocycles. The molecule has 0 unspecified atom stereocenters. The van der Waals surface area contributed by atoms with Crippen LogP contribution in [0.4, 0.5) is 0 Å². The number of para-hydroxylation sites is 1. The Hall–Kier alpha value is -2.05. The van der Waals surface area contributed by atoms with Gasteiger partial charge in [-0.15, -0.1) is 0 Å². The van der Waals surface area contributed by atoms with Crippen molar-refractivity contribution >= 4 is 27.3 Å². The van der Waals surface area contributed by atoms with Gasteiger partial charge in [-0.05, 0) is 50.2 Å². The maximum absolute atomic E-state index is 12.7. The molecule has 2 aromatic rings. The minimum absolute atomic E-state index is 0.0533. The van der Waals surface area contributed by atoms with Gasteiger partial charge in [0.15, 0.2) is 9.84 Å². The highest BCUT2D eigenvalue weighted by Gasteiger charge is 2.42. The summed E-state index contributed by atoms with van der Waals surface area (Å²) in [6.07, 6.45) is 0. The molecule has 2 rings (SSSR count).